The predicted molar refractivity (Wildman–Crippen MR) is 174 cm³/mol. The van der Waals surface area contributed by atoms with E-state index >= 15 is 0 Å². The first-order valence-corrected chi connectivity index (χ1v) is 16.0. The fraction of sp³-hybridized carbons (Fsp3) is 0.265. The van der Waals surface area contributed by atoms with Gasteiger partial charge < -0.3 is 20.1 Å². The molecule has 4 aliphatic rings. The van der Waals surface area contributed by atoms with Gasteiger partial charge in [0.25, 0.3) is 11.8 Å². The molecular weight excluding hydrogens is 706 g/mol. The van der Waals surface area contributed by atoms with Crippen molar-refractivity contribution in [3.8, 4) is 17.2 Å². The van der Waals surface area contributed by atoms with Crippen molar-refractivity contribution in [2.24, 2.45) is 17.8 Å². The number of phenols is 2. The van der Waals surface area contributed by atoms with Gasteiger partial charge in [0.05, 0.1) is 35.3 Å². The van der Waals surface area contributed by atoms with Crippen LogP contribution in [0.5, 0.6) is 17.2 Å². The second-order valence-corrected chi connectivity index (χ2v) is 14.0. The molecule has 49 heavy (non-hydrogen) atoms. The van der Waals surface area contributed by atoms with Crippen LogP contribution in [0.4, 0.5) is 15.8 Å². The molecule has 2 aliphatic carbocycles. The van der Waals surface area contributed by atoms with E-state index in [1.54, 1.807) is 6.08 Å². The molecule has 0 bridgehead atoms. The number of ether oxygens (including phenoxy) is 1. The molecule has 0 spiro atoms. The van der Waals surface area contributed by atoms with Gasteiger partial charge in [-0.3, -0.25) is 19.2 Å². The molecule has 15 heteroatoms. The van der Waals surface area contributed by atoms with E-state index in [9.17, 15) is 43.7 Å². The number of hydrogen-bond acceptors (Lipinski definition) is 8. The Bertz CT molecular complexity index is 2060. The lowest BCUT2D eigenvalue weighted by molar-refractivity contribution is -0.125. The number of aromatic carboxylic acids is 1. The highest BCUT2D eigenvalue weighted by Gasteiger charge is 2.76. The molecule has 3 fully saturated rings. The quantitative estimate of drug-likeness (QED) is 0.178. The minimum atomic E-state index is -2.25. The number of methoxy groups -OCH3 is 1. The zero-order valence-corrected chi connectivity index (χ0v) is 27.5. The predicted octanol–water partition coefficient (Wildman–Crippen LogP) is 5.37. The first-order valence-electron chi connectivity index (χ1n) is 14.9. The van der Waals surface area contributed by atoms with Crippen molar-refractivity contribution in [2.45, 2.75) is 28.5 Å². The first-order chi connectivity index (χ1) is 23.1. The van der Waals surface area contributed by atoms with E-state index in [0.29, 0.717) is 5.57 Å². The molecule has 6 atom stereocenters. The van der Waals surface area contributed by atoms with Gasteiger partial charge >= 0.3 is 5.97 Å². The number of nitrogens with zero attached hydrogens (tertiary/aromatic N) is 2. The number of imide groups is 2. The Morgan fingerprint density at radius 2 is 1.59 bits per heavy atom. The van der Waals surface area contributed by atoms with Crippen molar-refractivity contribution in [1.29, 1.82) is 0 Å². The molecule has 2 aliphatic heterocycles. The van der Waals surface area contributed by atoms with E-state index in [0.717, 1.165) is 34.1 Å². The van der Waals surface area contributed by atoms with Crippen molar-refractivity contribution in [2.75, 3.05) is 16.9 Å². The summed E-state index contributed by atoms with van der Waals surface area (Å²) in [5.41, 5.74) is 0.158. The maximum atomic E-state index is 14.5. The number of hydrogen-bond donors (Lipinski definition) is 3. The summed E-state index contributed by atoms with van der Waals surface area (Å²) >= 11 is 21.1. The van der Waals surface area contributed by atoms with E-state index in [2.05, 4.69) is 0 Å². The van der Waals surface area contributed by atoms with Crippen LogP contribution >= 0.6 is 34.8 Å². The Labute approximate surface area is 292 Å². The first kappa shape index (κ1) is 32.9. The van der Waals surface area contributed by atoms with E-state index in [1.165, 1.54) is 37.4 Å². The van der Waals surface area contributed by atoms with Gasteiger partial charge in [-0.05, 0) is 72.9 Å². The number of alkyl halides is 2. The van der Waals surface area contributed by atoms with Gasteiger partial charge in [0.2, 0.25) is 11.8 Å². The van der Waals surface area contributed by atoms with Crippen LogP contribution < -0.4 is 14.5 Å². The summed E-state index contributed by atoms with van der Waals surface area (Å²) in [5.74, 6) is -10.5. The molecule has 3 N–H and O–H groups in total. The number of fused-ring (bicyclic) bond motifs is 4. The van der Waals surface area contributed by atoms with Gasteiger partial charge in [0.15, 0.2) is 21.2 Å². The third-order valence-corrected chi connectivity index (χ3v) is 11.7. The lowest BCUT2D eigenvalue weighted by atomic mass is 9.56. The summed E-state index contributed by atoms with van der Waals surface area (Å²) < 4.78 is 19.2. The molecule has 0 radical (unpaired) electrons. The third kappa shape index (κ3) is 4.43. The molecule has 3 aromatic rings. The number of amides is 4. The van der Waals surface area contributed by atoms with Gasteiger partial charge in [0.1, 0.15) is 17.1 Å². The van der Waals surface area contributed by atoms with Crippen LogP contribution in [0.2, 0.25) is 5.02 Å². The summed E-state index contributed by atoms with van der Waals surface area (Å²) in [7, 11) is 1.28. The van der Waals surface area contributed by atoms with E-state index in [4.69, 9.17) is 39.5 Å². The Morgan fingerprint density at radius 3 is 2.22 bits per heavy atom. The number of carboxylic acids is 1. The number of carbonyl (C=O) groups is 5. The van der Waals surface area contributed by atoms with Crippen molar-refractivity contribution in [3.05, 3.63) is 88.2 Å². The smallest absolute Gasteiger partial charge is 0.339 e. The zero-order chi connectivity index (χ0) is 35.3. The van der Waals surface area contributed by atoms with Crippen LogP contribution in [0.1, 0.15) is 34.7 Å². The van der Waals surface area contributed by atoms with Gasteiger partial charge in [-0.1, -0.05) is 23.3 Å². The Morgan fingerprint density at radius 1 is 0.918 bits per heavy atom. The molecule has 2 saturated heterocycles. The monoisotopic (exact) mass is 728 g/mol. The van der Waals surface area contributed by atoms with E-state index in [-0.39, 0.29) is 40.6 Å². The number of carboxylic acid groups (broad SMARTS) is 1. The summed E-state index contributed by atoms with van der Waals surface area (Å²) in [4.78, 5) is 65.5. The normalized spacial score (nSPS) is 29.0. The number of anilines is 2. The Balaban J connectivity index is 1.40. The van der Waals surface area contributed by atoms with Gasteiger partial charge in [-0.2, -0.15) is 0 Å². The van der Waals surface area contributed by atoms with Crippen LogP contribution in [0.15, 0.2) is 66.2 Å². The molecule has 7 rings (SSSR count). The molecule has 3 aromatic carbocycles. The van der Waals surface area contributed by atoms with Crippen LogP contribution in [0.3, 0.4) is 0 Å². The van der Waals surface area contributed by atoms with Crippen molar-refractivity contribution >= 4 is 75.8 Å². The molecule has 11 nitrogen and oxygen atoms in total. The van der Waals surface area contributed by atoms with Crippen molar-refractivity contribution in [1.82, 2.24) is 0 Å². The lowest BCUT2D eigenvalue weighted by Gasteiger charge is -2.50. The van der Waals surface area contributed by atoms with Crippen LogP contribution in [0.25, 0.3) is 0 Å². The number of carbonyl (C=O) groups excluding carboxylic acids is 4. The zero-order valence-electron chi connectivity index (χ0n) is 25.2. The van der Waals surface area contributed by atoms with E-state index in [1.807, 2.05) is 0 Å². The molecule has 252 valence electrons. The number of aromatic hydroxyl groups is 2. The molecular formula is C34H24Cl3FN2O9. The fourth-order valence-corrected chi connectivity index (χ4v) is 8.94. The molecule has 6 unspecified atom stereocenters. The number of benzene rings is 3. The summed E-state index contributed by atoms with van der Waals surface area (Å²) in [6, 6.07) is 10.6. The second kappa shape index (κ2) is 11.2. The number of phenolic OH excluding ortho intramolecular Hbond substituents is 1. The molecule has 1 saturated carbocycles. The topological polar surface area (TPSA) is 162 Å². The number of halogens is 4. The summed E-state index contributed by atoms with van der Waals surface area (Å²) in [5, 5.41) is 30.0. The maximum absolute atomic E-state index is 14.5. The van der Waals surface area contributed by atoms with Gasteiger partial charge in [0, 0.05) is 12.0 Å². The van der Waals surface area contributed by atoms with Crippen LogP contribution in [-0.4, -0.2) is 61.8 Å². The fourth-order valence-electron chi connectivity index (χ4n) is 7.78. The third-order valence-electron chi connectivity index (χ3n) is 9.97. The summed E-state index contributed by atoms with van der Waals surface area (Å²) in [6.07, 6.45) is 1.34. The van der Waals surface area contributed by atoms with Crippen LogP contribution in [0, 0.1) is 23.6 Å². The minimum absolute atomic E-state index is 0.00339. The highest BCUT2D eigenvalue weighted by molar-refractivity contribution is 6.58. The minimum Gasteiger partial charge on any atom is -0.507 e. The molecule has 0 aromatic heterocycles. The molecule has 4 amide bonds. The Kier molecular flexibility index (Phi) is 7.51. The van der Waals surface area contributed by atoms with E-state index < -0.39 is 85.9 Å². The van der Waals surface area contributed by atoms with Gasteiger partial charge in [-0.15, -0.1) is 23.2 Å². The largest absolute Gasteiger partial charge is 0.507 e. The highest BCUT2D eigenvalue weighted by Crippen LogP contribution is 2.66. The highest BCUT2D eigenvalue weighted by atomic mass is 35.5. The SMILES string of the molecule is COc1cc(C2C3=CCC4C(=O)N(c5ccc(C(=O)O)c(O)c5)C(=O)C4C3CC3(Cl)C(=O)N(c4ccc(F)cc4)C(=O)C23Cl)cc(Cl)c1O. The van der Waals surface area contributed by atoms with Gasteiger partial charge in [-0.25, -0.2) is 19.0 Å². The van der Waals surface area contributed by atoms with Crippen LogP contribution in [-0.2, 0) is 19.2 Å². The summed E-state index contributed by atoms with van der Waals surface area (Å²) in [6.45, 7) is 0. The van der Waals surface area contributed by atoms with Crippen molar-refractivity contribution in [3.63, 3.8) is 0 Å². The average molecular weight is 730 g/mol. The Hall–Kier alpha value is -4.65. The lowest BCUT2D eigenvalue weighted by Crippen LogP contribution is -2.60. The molecule has 2 heterocycles. The maximum Gasteiger partial charge on any atom is 0.339 e. The van der Waals surface area contributed by atoms with Crippen molar-refractivity contribution < 1.29 is 48.4 Å². The second-order valence-electron chi connectivity index (χ2n) is 12.3. The number of rotatable bonds is 5. The standard InChI is InChI=1S/C34H24Cl3FN2O9/c1-49-24-11-14(10-22(35)27(24)42)26-18-8-9-20-25(29(44)39(28(20)43)17-6-7-19(30(45)46)23(41)12-17)21(18)13-33(36)31(47)40(32(48)34(26,33)37)16-4-2-15(38)3-5-16/h2-8,10-12,20-21,25-26,41-42H,9,13H2,1H3,(H,45,46). The average Bonchev–Trinajstić information content (AvgIpc) is 3.40. The number of allylic oxidation sites excluding steroid dienone is 2.